The average Bonchev–Trinajstić information content (AvgIpc) is 2.54. The van der Waals surface area contributed by atoms with E-state index < -0.39 is 0 Å². The fourth-order valence-corrected chi connectivity index (χ4v) is 2.24. The van der Waals surface area contributed by atoms with Crippen LogP contribution in [0.4, 0.5) is 4.39 Å². The first-order valence-corrected chi connectivity index (χ1v) is 7.28. The molecule has 0 bridgehead atoms. The van der Waals surface area contributed by atoms with Crippen LogP contribution >= 0.6 is 0 Å². The third kappa shape index (κ3) is 4.97. The molecule has 0 fully saturated rings. The summed E-state index contributed by atoms with van der Waals surface area (Å²) in [7, 11) is 1.55. The van der Waals surface area contributed by atoms with E-state index in [1.54, 1.807) is 19.2 Å². The molecule has 0 aliphatic carbocycles. The summed E-state index contributed by atoms with van der Waals surface area (Å²) < 4.78 is 18.6. The van der Waals surface area contributed by atoms with Gasteiger partial charge in [-0.05, 0) is 29.7 Å². The van der Waals surface area contributed by atoms with Crippen molar-refractivity contribution in [3.05, 3.63) is 71.5 Å². The number of aryl methyl sites for hydroxylation is 1. The molecule has 1 unspecified atom stereocenters. The lowest BCUT2D eigenvalue weighted by molar-refractivity contribution is -0.121. The SMILES string of the molecule is COC(CNC(=O)CCc1ccccc1)c1cccc(F)c1. The Morgan fingerprint density at radius 2 is 1.95 bits per heavy atom. The number of halogens is 1. The van der Waals surface area contributed by atoms with Crippen LogP contribution in [0.5, 0.6) is 0 Å². The molecule has 4 heteroatoms. The molecular weight excluding hydrogens is 281 g/mol. The summed E-state index contributed by atoms with van der Waals surface area (Å²) in [5, 5.41) is 2.84. The highest BCUT2D eigenvalue weighted by Gasteiger charge is 2.12. The van der Waals surface area contributed by atoms with Crippen LogP contribution in [0.15, 0.2) is 54.6 Å². The fraction of sp³-hybridized carbons (Fsp3) is 0.278. The van der Waals surface area contributed by atoms with E-state index in [2.05, 4.69) is 5.32 Å². The molecule has 0 aromatic heterocycles. The van der Waals surface area contributed by atoms with E-state index in [1.807, 2.05) is 30.3 Å². The van der Waals surface area contributed by atoms with E-state index in [0.717, 1.165) is 5.56 Å². The van der Waals surface area contributed by atoms with Crippen molar-refractivity contribution in [2.45, 2.75) is 18.9 Å². The van der Waals surface area contributed by atoms with Crippen molar-refractivity contribution in [3.63, 3.8) is 0 Å². The summed E-state index contributed by atoms with van der Waals surface area (Å²) in [6.07, 6.45) is 0.768. The molecule has 0 radical (unpaired) electrons. The van der Waals surface area contributed by atoms with Crippen molar-refractivity contribution >= 4 is 5.91 Å². The Morgan fingerprint density at radius 3 is 2.64 bits per heavy atom. The highest BCUT2D eigenvalue weighted by atomic mass is 19.1. The molecule has 116 valence electrons. The predicted molar refractivity (Wildman–Crippen MR) is 83.9 cm³/mol. The smallest absolute Gasteiger partial charge is 0.220 e. The second kappa shape index (κ2) is 8.29. The number of methoxy groups -OCH3 is 1. The Balaban J connectivity index is 1.81. The Labute approximate surface area is 130 Å². The highest BCUT2D eigenvalue weighted by Crippen LogP contribution is 2.16. The van der Waals surface area contributed by atoms with Crippen LogP contribution in [0.25, 0.3) is 0 Å². The number of nitrogens with one attached hydrogen (secondary N) is 1. The molecule has 2 aromatic carbocycles. The van der Waals surface area contributed by atoms with Gasteiger partial charge in [-0.1, -0.05) is 42.5 Å². The van der Waals surface area contributed by atoms with Crippen LogP contribution in [-0.2, 0) is 16.0 Å². The standard InChI is InChI=1S/C18H20FNO2/c1-22-17(15-8-5-9-16(19)12-15)13-20-18(21)11-10-14-6-3-2-4-7-14/h2-9,12,17H,10-11,13H2,1H3,(H,20,21). The Kier molecular flexibility index (Phi) is 6.10. The highest BCUT2D eigenvalue weighted by molar-refractivity contribution is 5.76. The van der Waals surface area contributed by atoms with Gasteiger partial charge in [0.05, 0.1) is 6.10 Å². The molecule has 3 nitrogen and oxygen atoms in total. The summed E-state index contributed by atoms with van der Waals surface area (Å²) >= 11 is 0. The third-order valence-electron chi connectivity index (χ3n) is 3.47. The molecule has 0 aliphatic rings. The van der Waals surface area contributed by atoms with Gasteiger partial charge in [-0.25, -0.2) is 4.39 Å². The van der Waals surface area contributed by atoms with E-state index >= 15 is 0 Å². The van der Waals surface area contributed by atoms with Crippen molar-refractivity contribution in [2.75, 3.05) is 13.7 Å². The van der Waals surface area contributed by atoms with Gasteiger partial charge < -0.3 is 10.1 Å². The Bertz CT molecular complexity index is 601. The lowest BCUT2D eigenvalue weighted by Gasteiger charge is -2.16. The van der Waals surface area contributed by atoms with E-state index in [9.17, 15) is 9.18 Å². The second-order valence-electron chi connectivity index (χ2n) is 5.07. The molecule has 0 heterocycles. The van der Waals surface area contributed by atoms with Gasteiger partial charge in [0, 0.05) is 20.1 Å². The number of hydrogen-bond acceptors (Lipinski definition) is 2. The van der Waals surface area contributed by atoms with Crippen molar-refractivity contribution in [2.24, 2.45) is 0 Å². The van der Waals surface area contributed by atoms with Crippen molar-refractivity contribution < 1.29 is 13.9 Å². The maximum Gasteiger partial charge on any atom is 0.220 e. The van der Waals surface area contributed by atoms with Crippen LogP contribution in [0.1, 0.15) is 23.7 Å². The lowest BCUT2D eigenvalue weighted by Crippen LogP contribution is -2.29. The first-order chi connectivity index (χ1) is 10.7. The molecule has 0 saturated carbocycles. The number of benzene rings is 2. The van der Waals surface area contributed by atoms with Gasteiger partial charge in [-0.2, -0.15) is 0 Å². The second-order valence-corrected chi connectivity index (χ2v) is 5.07. The summed E-state index contributed by atoms with van der Waals surface area (Å²) in [6, 6.07) is 16.1. The molecule has 0 spiro atoms. The van der Waals surface area contributed by atoms with Gasteiger partial charge in [-0.3, -0.25) is 4.79 Å². The zero-order valence-corrected chi connectivity index (χ0v) is 12.6. The number of amides is 1. The van der Waals surface area contributed by atoms with Crippen molar-refractivity contribution in [1.82, 2.24) is 5.32 Å². The normalized spacial score (nSPS) is 11.9. The minimum atomic E-state index is -0.351. The van der Waals surface area contributed by atoms with Crippen molar-refractivity contribution in [3.8, 4) is 0 Å². The fourth-order valence-electron chi connectivity index (χ4n) is 2.24. The largest absolute Gasteiger partial charge is 0.375 e. The monoisotopic (exact) mass is 301 g/mol. The van der Waals surface area contributed by atoms with Crippen molar-refractivity contribution in [1.29, 1.82) is 0 Å². The van der Waals surface area contributed by atoms with Gasteiger partial charge in [0.15, 0.2) is 0 Å². The Hall–Kier alpha value is -2.20. The number of hydrogen-bond donors (Lipinski definition) is 1. The quantitative estimate of drug-likeness (QED) is 0.852. The predicted octanol–water partition coefficient (Wildman–Crippen LogP) is 3.26. The Morgan fingerprint density at radius 1 is 1.18 bits per heavy atom. The summed E-state index contributed by atoms with van der Waals surface area (Å²) in [5.41, 5.74) is 1.84. The number of carbonyl (C=O) groups is 1. The minimum absolute atomic E-state index is 0.0395. The van der Waals surface area contributed by atoms with E-state index in [-0.39, 0.29) is 17.8 Å². The molecule has 2 aromatic rings. The maximum absolute atomic E-state index is 13.2. The summed E-state index contributed by atoms with van der Waals surface area (Å²) in [6.45, 7) is 0.327. The maximum atomic E-state index is 13.2. The van der Waals surface area contributed by atoms with Crippen LogP contribution < -0.4 is 5.32 Å². The summed E-state index contributed by atoms with van der Waals surface area (Å²) in [4.78, 5) is 11.9. The molecule has 2 rings (SSSR count). The van der Waals surface area contributed by atoms with Crippen LogP contribution in [0.2, 0.25) is 0 Å². The molecular formula is C18H20FNO2. The molecule has 1 amide bonds. The molecule has 0 saturated heterocycles. The van der Waals surface area contributed by atoms with Gasteiger partial charge in [0.25, 0.3) is 0 Å². The number of rotatable bonds is 7. The first-order valence-electron chi connectivity index (χ1n) is 7.28. The van der Waals surface area contributed by atoms with E-state index in [1.165, 1.54) is 12.1 Å². The van der Waals surface area contributed by atoms with Gasteiger partial charge >= 0.3 is 0 Å². The third-order valence-corrected chi connectivity index (χ3v) is 3.47. The molecule has 22 heavy (non-hydrogen) atoms. The molecule has 1 N–H and O–H groups in total. The topological polar surface area (TPSA) is 38.3 Å². The van der Waals surface area contributed by atoms with Gasteiger partial charge in [-0.15, -0.1) is 0 Å². The van der Waals surface area contributed by atoms with Crippen LogP contribution in [0.3, 0.4) is 0 Å². The zero-order chi connectivity index (χ0) is 15.8. The van der Waals surface area contributed by atoms with E-state index in [4.69, 9.17) is 4.74 Å². The van der Waals surface area contributed by atoms with Crippen LogP contribution in [0, 0.1) is 5.82 Å². The number of ether oxygens (including phenoxy) is 1. The average molecular weight is 301 g/mol. The first kappa shape index (κ1) is 16.2. The zero-order valence-electron chi connectivity index (χ0n) is 12.6. The summed E-state index contributed by atoms with van der Waals surface area (Å²) in [5.74, 6) is -0.350. The van der Waals surface area contributed by atoms with Gasteiger partial charge in [0.1, 0.15) is 5.82 Å². The molecule has 0 aliphatic heterocycles. The minimum Gasteiger partial charge on any atom is -0.375 e. The number of carbonyl (C=O) groups excluding carboxylic acids is 1. The van der Waals surface area contributed by atoms with E-state index in [0.29, 0.717) is 24.9 Å². The van der Waals surface area contributed by atoms with Crippen LogP contribution in [-0.4, -0.2) is 19.6 Å². The molecule has 1 atom stereocenters. The lowest BCUT2D eigenvalue weighted by atomic mass is 10.1. The van der Waals surface area contributed by atoms with Gasteiger partial charge in [0.2, 0.25) is 5.91 Å².